The normalized spacial score (nSPS) is 10.2. The zero-order chi connectivity index (χ0) is 11.5. The first kappa shape index (κ1) is 14.8. The van der Waals surface area contributed by atoms with Crippen molar-refractivity contribution in [2.75, 3.05) is 0 Å². The van der Waals surface area contributed by atoms with Gasteiger partial charge in [0.05, 0.1) is 12.0 Å². The van der Waals surface area contributed by atoms with Crippen LogP contribution in [0.4, 0.5) is 0 Å². The Bertz CT molecular complexity index is 518. The summed E-state index contributed by atoms with van der Waals surface area (Å²) >= 11 is 0.778. The second-order valence-electron chi connectivity index (χ2n) is 3.28. The van der Waals surface area contributed by atoms with Crippen LogP contribution in [0.3, 0.4) is 0 Å². The van der Waals surface area contributed by atoms with Crippen molar-refractivity contribution in [2.45, 2.75) is 11.8 Å². The Kier molecular flexibility index (Phi) is 5.75. The Labute approximate surface area is 125 Å². The molecule has 6 heteroatoms. The molecule has 0 amide bonds. The summed E-state index contributed by atoms with van der Waals surface area (Å²) in [6, 6.07) is 9.08. The van der Waals surface area contributed by atoms with Crippen LogP contribution in [0.15, 0.2) is 35.2 Å². The molecule has 17 heavy (non-hydrogen) atoms. The summed E-state index contributed by atoms with van der Waals surface area (Å²) in [7, 11) is 0. The van der Waals surface area contributed by atoms with Crippen LogP contribution in [0.1, 0.15) is 5.56 Å². The van der Waals surface area contributed by atoms with Gasteiger partial charge in [-0.2, -0.15) is 4.33 Å². The van der Waals surface area contributed by atoms with E-state index < -0.39 is 0 Å². The van der Waals surface area contributed by atoms with Gasteiger partial charge in [-0.3, -0.25) is 5.04 Å². The molecule has 1 N–H and O–H groups in total. The first-order chi connectivity index (χ1) is 7.74. The van der Waals surface area contributed by atoms with Gasteiger partial charge in [0.15, 0.2) is 0 Å². The molecule has 0 radical (unpaired) electrons. The van der Waals surface area contributed by atoms with Crippen LogP contribution < -0.4 is 34.8 Å². The standard InChI is InChI=1S/C11H10O4S.Na/c1-7-8-4-2-3-5-9(8)11(6-10(7)12)16-15-14-13;/h2-6,12-13H,1H3;/q;+1/p-1. The van der Waals surface area contributed by atoms with Crippen LogP contribution in [0.2, 0.25) is 0 Å². The summed E-state index contributed by atoms with van der Waals surface area (Å²) in [5, 5.41) is 24.6. The van der Waals surface area contributed by atoms with E-state index in [1.54, 1.807) is 6.07 Å². The third kappa shape index (κ3) is 3.14. The Morgan fingerprint density at radius 1 is 1.24 bits per heavy atom. The summed E-state index contributed by atoms with van der Waals surface area (Å²) in [6.45, 7) is 1.83. The van der Waals surface area contributed by atoms with E-state index >= 15 is 0 Å². The van der Waals surface area contributed by atoms with Gasteiger partial charge in [0.2, 0.25) is 0 Å². The molecule has 0 aliphatic rings. The molecule has 2 aromatic rings. The Morgan fingerprint density at radius 3 is 2.53 bits per heavy atom. The number of fused-ring (bicyclic) bond motifs is 1. The first-order valence-corrected chi connectivity index (χ1v) is 5.32. The van der Waals surface area contributed by atoms with E-state index in [4.69, 9.17) is 0 Å². The van der Waals surface area contributed by atoms with Crippen LogP contribution in [-0.4, -0.2) is 5.11 Å². The van der Waals surface area contributed by atoms with Crippen molar-refractivity contribution in [1.29, 1.82) is 0 Å². The van der Waals surface area contributed by atoms with Crippen molar-refractivity contribution < 1.29 is 49.3 Å². The maximum Gasteiger partial charge on any atom is 1.00 e. The molecule has 84 valence electrons. The molecule has 0 atom stereocenters. The van der Waals surface area contributed by atoms with Gasteiger partial charge in [0.1, 0.15) is 5.75 Å². The molecule has 0 aliphatic carbocycles. The van der Waals surface area contributed by atoms with Crippen molar-refractivity contribution in [2.24, 2.45) is 0 Å². The van der Waals surface area contributed by atoms with Crippen molar-refractivity contribution in [1.82, 2.24) is 0 Å². The minimum Gasteiger partial charge on any atom is -0.691 e. The first-order valence-electron chi connectivity index (χ1n) is 4.58. The minimum absolute atomic E-state index is 0. The molecule has 0 saturated heterocycles. The van der Waals surface area contributed by atoms with Crippen LogP contribution in [0, 0.1) is 6.92 Å². The average molecular weight is 260 g/mol. The molecule has 0 aromatic heterocycles. The van der Waals surface area contributed by atoms with Gasteiger partial charge in [-0.1, -0.05) is 24.3 Å². The Hall–Kier alpha value is -0.270. The Balaban J connectivity index is 0.00000144. The number of phenolic OH excluding ortho intramolecular Hbond substituents is 1. The molecule has 2 rings (SSSR count). The molecule has 0 spiro atoms. The van der Waals surface area contributed by atoms with E-state index in [2.05, 4.69) is 9.37 Å². The number of benzene rings is 2. The summed E-state index contributed by atoms with van der Waals surface area (Å²) < 4.78 is 4.27. The van der Waals surface area contributed by atoms with E-state index in [-0.39, 0.29) is 35.3 Å². The fraction of sp³-hybridized carbons (Fsp3) is 0.0909. The molecule has 2 aromatic carbocycles. The van der Waals surface area contributed by atoms with Gasteiger partial charge < -0.3 is 10.4 Å². The minimum atomic E-state index is 0. The predicted octanol–water partition coefficient (Wildman–Crippen LogP) is -0.912. The summed E-state index contributed by atoms with van der Waals surface area (Å²) in [4.78, 5) is 0.634. The van der Waals surface area contributed by atoms with E-state index in [9.17, 15) is 10.4 Å². The van der Waals surface area contributed by atoms with Crippen molar-refractivity contribution in [3.05, 3.63) is 35.9 Å². The second kappa shape index (κ2) is 6.61. The fourth-order valence-electron chi connectivity index (χ4n) is 1.59. The van der Waals surface area contributed by atoms with Gasteiger partial charge in [-0.15, -0.1) is 0 Å². The van der Waals surface area contributed by atoms with Crippen LogP contribution in [0.25, 0.3) is 10.8 Å². The molecule has 0 bridgehead atoms. The van der Waals surface area contributed by atoms with Crippen molar-refractivity contribution in [3.8, 4) is 5.75 Å². The quantitative estimate of drug-likeness (QED) is 0.335. The monoisotopic (exact) mass is 260 g/mol. The number of rotatable bonds is 3. The summed E-state index contributed by atoms with van der Waals surface area (Å²) in [5.41, 5.74) is 0.794. The molecule has 0 saturated carbocycles. The van der Waals surface area contributed by atoms with E-state index in [0.717, 1.165) is 28.4 Å². The molecular weight excluding hydrogens is 251 g/mol. The molecule has 4 nitrogen and oxygen atoms in total. The zero-order valence-electron chi connectivity index (χ0n) is 9.47. The topological polar surface area (TPSA) is 61.8 Å². The smallest absolute Gasteiger partial charge is 0.691 e. The number of hydrogen-bond acceptors (Lipinski definition) is 5. The Morgan fingerprint density at radius 2 is 1.88 bits per heavy atom. The van der Waals surface area contributed by atoms with E-state index in [1.165, 1.54) is 0 Å². The fourth-order valence-corrected chi connectivity index (χ4v) is 2.12. The van der Waals surface area contributed by atoms with Gasteiger partial charge in [-0.25, -0.2) is 0 Å². The third-order valence-electron chi connectivity index (χ3n) is 2.40. The third-order valence-corrected chi connectivity index (χ3v) is 3.04. The molecule has 0 aliphatic heterocycles. The summed E-state index contributed by atoms with van der Waals surface area (Å²) in [6.07, 6.45) is 0. The number of hydrogen-bond donors (Lipinski definition) is 1. The van der Waals surface area contributed by atoms with Crippen molar-refractivity contribution in [3.63, 3.8) is 0 Å². The van der Waals surface area contributed by atoms with Gasteiger partial charge in [0, 0.05) is 4.90 Å². The second-order valence-corrected chi connectivity index (χ2v) is 4.03. The van der Waals surface area contributed by atoms with Crippen LogP contribution in [0.5, 0.6) is 5.75 Å². The van der Waals surface area contributed by atoms with Crippen molar-refractivity contribution >= 4 is 22.8 Å². The predicted molar refractivity (Wildman–Crippen MR) is 58.4 cm³/mol. The number of aromatic hydroxyl groups is 1. The van der Waals surface area contributed by atoms with Gasteiger partial charge in [-0.05, 0) is 29.3 Å². The van der Waals surface area contributed by atoms with Crippen LogP contribution >= 0.6 is 12.0 Å². The molecule has 0 unspecified atom stereocenters. The maximum atomic E-state index is 9.79. The average Bonchev–Trinajstić information content (AvgIpc) is 2.32. The molecule has 0 fully saturated rings. The molecule has 0 heterocycles. The number of phenols is 1. The van der Waals surface area contributed by atoms with Crippen LogP contribution in [-0.2, 0) is 9.37 Å². The SMILES string of the molecule is Cc1c(O)cc(SOO[O-])c2ccccc12.[Na+]. The summed E-state index contributed by atoms with van der Waals surface area (Å²) in [5.74, 6) is 0.163. The largest absolute Gasteiger partial charge is 1.00 e. The maximum absolute atomic E-state index is 9.79. The van der Waals surface area contributed by atoms with Gasteiger partial charge >= 0.3 is 29.6 Å². The number of aryl methyl sites for hydroxylation is 1. The molecular formula is C11H9NaO4S. The zero-order valence-corrected chi connectivity index (χ0v) is 12.3. The van der Waals surface area contributed by atoms with Gasteiger partial charge in [0.25, 0.3) is 0 Å². The van der Waals surface area contributed by atoms with E-state index in [0.29, 0.717) is 4.90 Å². The van der Waals surface area contributed by atoms with E-state index in [1.807, 2.05) is 31.2 Å².